The van der Waals surface area contributed by atoms with Gasteiger partial charge in [-0.05, 0) is 47.6 Å². The van der Waals surface area contributed by atoms with Gasteiger partial charge in [0.15, 0.2) is 0 Å². The van der Waals surface area contributed by atoms with Crippen molar-refractivity contribution in [1.29, 1.82) is 0 Å². The second-order valence-corrected chi connectivity index (χ2v) is 6.04. The number of aryl methyl sites for hydroxylation is 1. The van der Waals surface area contributed by atoms with Crippen LogP contribution in [0.4, 0.5) is 5.69 Å². The zero-order valence-corrected chi connectivity index (χ0v) is 13.2. The van der Waals surface area contributed by atoms with E-state index in [1.807, 2.05) is 6.07 Å². The lowest BCUT2D eigenvalue weighted by atomic mass is 9.94. The minimum atomic E-state index is 0.508. The van der Waals surface area contributed by atoms with Crippen molar-refractivity contribution in [3.8, 4) is 0 Å². The quantitative estimate of drug-likeness (QED) is 0.782. The highest BCUT2D eigenvalue weighted by Crippen LogP contribution is 2.29. The van der Waals surface area contributed by atoms with Crippen molar-refractivity contribution in [3.05, 3.63) is 53.0 Å². The molecule has 0 saturated heterocycles. The van der Waals surface area contributed by atoms with E-state index in [1.54, 1.807) is 6.26 Å². The van der Waals surface area contributed by atoms with Crippen LogP contribution in [0.25, 0.3) is 0 Å². The fourth-order valence-corrected chi connectivity index (χ4v) is 2.34. The Bertz CT molecular complexity index is 567. The number of anilines is 1. The van der Waals surface area contributed by atoms with Gasteiger partial charge in [-0.1, -0.05) is 39.8 Å². The van der Waals surface area contributed by atoms with Crippen molar-refractivity contribution in [1.82, 2.24) is 0 Å². The molecule has 0 unspecified atom stereocenters. The summed E-state index contributed by atoms with van der Waals surface area (Å²) in [6.07, 6.45) is 1.75. The summed E-state index contributed by atoms with van der Waals surface area (Å²) in [6.45, 7) is 11.8. The largest absolute Gasteiger partial charge is 0.467 e. The molecule has 2 rings (SSSR count). The van der Waals surface area contributed by atoms with Crippen LogP contribution in [0.5, 0.6) is 0 Å². The van der Waals surface area contributed by atoms with Gasteiger partial charge in [0.05, 0.1) is 12.8 Å². The van der Waals surface area contributed by atoms with E-state index >= 15 is 0 Å². The fraction of sp³-hybridized carbons (Fsp3) is 0.444. The lowest BCUT2D eigenvalue weighted by Crippen LogP contribution is -2.04. The van der Waals surface area contributed by atoms with Gasteiger partial charge in [-0.15, -0.1) is 0 Å². The van der Waals surface area contributed by atoms with Crippen LogP contribution >= 0.6 is 0 Å². The fourth-order valence-electron chi connectivity index (χ4n) is 2.34. The Labute approximate surface area is 122 Å². The molecule has 2 aromatic rings. The Morgan fingerprint density at radius 1 is 1.05 bits per heavy atom. The van der Waals surface area contributed by atoms with Crippen LogP contribution in [0.2, 0.25) is 0 Å². The summed E-state index contributed by atoms with van der Waals surface area (Å²) in [7, 11) is 0. The molecule has 0 aliphatic rings. The van der Waals surface area contributed by atoms with Crippen molar-refractivity contribution >= 4 is 5.69 Å². The molecule has 0 aliphatic heterocycles. The van der Waals surface area contributed by atoms with Crippen LogP contribution in [-0.2, 0) is 6.54 Å². The first-order valence-electron chi connectivity index (χ1n) is 7.39. The van der Waals surface area contributed by atoms with E-state index in [9.17, 15) is 0 Å². The molecule has 0 amide bonds. The molecule has 108 valence electrons. The Kier molecular flexibility index (Phi) is 4.53. The predicted octanol–water partition coefficient (Wildman–Crippen LogP) is 5.45. The molecule has 0 saturated carbocycles. The third kappa shape index (κ3) is 3.24. The van der Waals surface area contributed by atoms with Gasteiger partial charge in [-0.3, -0.25) is 0 Å². The van der Waals surface area contributed by atoms with Gasteiger partial charge in [0.25, 0.3) is 0 Å². The second-order valence-electron chi connectivity index (χ2n) is 6.04. The summed E-state index contributed by atoms with van der Waals surface area (Å²) in [5.41, 5.74) is 5.18. The molecule has 1 aromatic heterocycles. The molecule has 0 aliphatic carbocycles. The van der Waals surface area contributed by atoms with Crippen LogP contribution in [0, 0.1) is 6.92 Å². The molecule has 0 radical (unpaired) electrons. The third-order valence-corrected chi connectivity index (χ3v) is 3.77. The maximum absolute atomic E-state index is 5.49. The molecular weight excluding hydrogens is 246 g/mol. The molecule has 1 heterocycles. The number of hydrogen-bond donors (Lipinski definition) is 1. The van der Waals surface area contributed by atoms with Crippen molar-refractivity contribution in [2.75, 3.05) is 5.32 Å². The number of rotatable bonds is 5. The van der Waals surface area contributed by atoms with Gasteiger partial charge in [0.1, 0.15) is 5.76 Å². The van der Waals surface area contributed by atoms with Gasteiger partial charge in [0, 0.05) is 5.69 Å². The first-order valence-corrected chi connectivity index (χ1v) is 7.39. The highest BCUT2D eigenvalue weighted by Gasteiger charge is 2.10. The molecule has 1 N–H and O–H groups in total. The standard InChI is InChI=1S/C18H25NO/c1-12(2)15-6-7-17(16(10-15)13(3)4)19-11-18-14(5)8-9-20-18/h6-10,12-13,19H,11H2,1-5H3. The normalized spacial score (nSPS) is 11.3. The smallest absolute Gasteiger partial charge is 0.125 e. The number of furan rings is 1. The van der Waals surface area contributed by atoms with E-state index in [0.717, 1.165) is 12.3 Å². The monoisotopic (exact) mass is 271 g/mol. The molecule has 2 nitrogen and oxygen atoms in total. The summed E-state index contributed by atoms with van der Waals surface area (Å²) < 4.78 is 5.49. The van der Waals surface area contributed by atoms with Gasteiger partial charge < -0.3 is 9.73 Å². The van der Waals surface area contributed by atoms with Gasteiger partial charge in [-0.2, -0.15) is 0 Å². The molecule has 1 aromatic carbocycles. The highest BCUT2D eigenvalue weighted by atomic mass is 16.3. The van der Waals surface area contributed by atoms with Crippen molar-refractivity contribution in [2.45, 2.75) is 53.0 Å². The number of hydrogen-bond acceptors (Lipinski definition) is 2. The Morgan fingerprint density at radius 3 is 2.35 bits per heavy atom. The zero-order chi connectivity index (χ0) is 14.7. The van der Waals surface area contributed by atoms with Crippen molar-refractivity contribution in [3.63, 3.8) is 0 Å². The molecule has 0 spiro atoms. The minimum Gasteiger partial charge on any atom is -0.467 e. The number of nitrogens with one attached hydrogen (secondary N) is 1. The highest BCUT2D eigenvalue weighted by molar-refractivity contribution is 5.54. The van der Waals surface area contributed by atoms with Crippen LogP contribution in [-0.4, -0.2) is 0 Å². The summed E-state index contributed by atoms with van der Waals surface area (Å²) in [5.74, 6) is 2.08. The topological polar surface area (TPSA) is 25.2 Å². The van der Waals surface area contributed by atoms with Crippen LogP contribution in [0.3, 0.4) is 0 Å². The van der Waals surface area contributed by atoms with E-state index < -0.39 is 0 Å². The van der Waals surface area contributed by atoms with Crippen LogP contribution in [0.1, 0.15) is 62.0 Å². The maximum Gasteiger partial charge on any atom is 0.125 e. The summed E-state index contributed by atoms with van der Waals surface area (Å²) in [4.78, 5) is 0. The Morgan fingerprint density at radius 2 is 1.80 bits per heavy atom. The first-order chi connectivity index (χ1) is 9.49. The van der Waals surface area contributed by atoms with E-state index in [-0.39, 0.29) is 0 Å². The maximum atomic E-state index is 5.49. The molecule has 0 atom stereocenters. The third-order valence-electron chi connectivity index (χ3n) is 3.77. The van der Waals surface area contributed by atoms with E-state index in [0.29, 0.717) is 11.8 Å². The first kappa shape index (κ1) is 14.7. The second kappa shape index (κ2) is 6.17. The average Bonchev–Trinajstić information content (AvgIpc) is 2.81. The minimum absolute atomic E-state index is 0.508. The average molecular weight is 271 g/mol. The van der Waals surface area contributed by atoms with Crippen LogP contribution in [0.15, 0.2) is 34.9 Å². The van der Waals surface area contributed by atoms with Crippen LogP contribution < -0.4 is 5.32 Å². The predicted molar refractivity (Wildman–Crippen MR) is 85.4 cm³/mol. The summed E-state index contributed by atoms with van der Waals surface area (Å²) >= 11 is 0. The van der Waals surface area contributed by atoms with E-state index in [4.69, 9.17) is 4.42 Å². The summed E-state index contributed by atoms with van der Waals surface area (Å²) in [5, 5.41) is 3.51. The number of benzene rings is 1. The molecule has 0 bridgehead atoms. The SMILES string of the molecule is Cc1ccoc1CNc1ccc(C(C)C)cc1C(C)C. The molecular formula is C18H25NO. The lowest BCUT2D eigenvalue weighted by Gasteiger charge is -2.17. The molecule has 20 heavy (non-hydrogen) atoms. The van der Waals surface area contributed by atoms with E-state index in [2.05, 4.69) is 58.1 Å². The van der Waals surface area contributed by atoms with Gasteiger partial charge in [-0.25, -0.2) is 0 Å². The molecule has 0 fully saturated rings. The van der Waals surface area contributed by atoms with Gasteiger partial charge in [0.2, 0.25) is 0 Å². The Balaban J connectivity index is 2.20. The zero-order valence-electron chi connectivity index (χ0n) is 13.2. The van der Waals surface area contributed by atoms with Crippen molar-refractivity contribution < 1.29 is 4.42 Å². The van der Waals surface area contributed by atoms with Crippen molar-refractivity contribution in [2.24, 2.45) is 0 Å². The van der Waals surface area contributed by atoms with E-state index in [1.165, 1.54) is 22.4 Å². The lowest BCUT2D eigenvalue weighted by molar-refractivity contribution is 0.515. The van der Waals surface area contributed by atoms with Gasteiger partial charge >= 0.3 is 0 Å². The Hall–Kier alpha value is -1.70. The molecule has 2 heteroatoms. The summed E-state index contributed by atoms with van der Waals surface area (Å²) in [6, 6.07) is 8.74.